The molecule has 1 aliphatic carbocycles. The number of fused-ring (bicyclic) bond motifs is 8. The van der Waals surface area contributed by atoms with Crippen LogP contribution in [0.2, 0.25) is 0 Å². The highest BCUT2D eigenvalue weighted by Crippen LogP contribution is 2.42. The van der Waals surface area contributed by atoms with Gasteiger partial charge in [0.25, 0.3) is 5.91 Å². The second-order valence-corrected chi connectivity index (χ2v) is 11.1. The summed E-state index contributed by atoms with van der Waals surface area (Å²) in [5.41, 5.74) is 14.0. The van der Waals surface area contributed by atoms with Crippen LogP contribution in [-0.4, -0.2) is 41.2 Å². The van der Waals surface area contributed by atoms with Crippen molar-refractivity contribution >= 4 is 17.3 Å². The summed E-state index contributed by atoms with van der Waals surface area (Å²) >= 11 is 0. The molecule has 0 spiro atoms. The van der Waals surface area contributed by atoms with Crippen molar-refractivity contribution in [3.63, 3.8) is 0 Å². The molecule has 4 heterocycles. The van der Waals surface area contributed by atoms with E-state index in [1.54, 1.807) is 18.5 Å². The zero-order valence-corrected chi connectivity index (χ0v) is 22.2. The molecule has 40 heavy (non-hydrogen) atoms. The Morgan fingerprint density at radius 2 is 1.85 bits per heavy atom. The van der Waals surface area contributed by atoms with E-state index in [2.05, 4.69) is 15.3 Å². The van der Waals surface area contributed by atoms with E-state index in [4.69, 9.17) is 20.9 Å². The van der Waals surface area contributed by atoms with E-state index >= 15 is 8.78 Å². The summed E-state index contributed by atoms with van der Waals surface area (Å²) in [6, 6.07) is 5.95. The third kappa shape index (κ3) is 5.38. The van der Waals surface area contributed by atoms with Gasteiger partial charge in [0, 0.05) is 42.8 Å². The van der Waals surface area contributed by atoms with Crippen LogP contribution in [0, 0.1) is 17.6 Å². The molecule has 1 saturated heterocycles. The number of hydrogen-bond donors (Lipinski definition) is 3. The lowest BCUT2D eigenvalue weighted by Crippen LogP contribution is -2.32. The van der Waals surface area contributed by atoms with Gasteiger partial charge in [-0.25, -0.2) is 13.8 Å². The molecule has 0 radical (unpaired) electrons. The largest absolute Gasteiger partial charge is 0.490 e. The number of halogens is 2. The van der Waals surface area contributed by atoms with E-state index in [0.717, 1.165) is 37.3 Å². The lowest BCUT2D eigenvalue weighted by Gasteiger charge is -2.34. The number of rotatable bonds is 2. The van der Waals surface area contributed by atoms with Gasteiger partial charge in [-0.3, -0.25) is 9.78 Å². The smallest absolute Gasteiger partial charge is 0.276 e. The van der Waals surface area contributed by atoms with Crippen LogP contribution < -0.4 is 21.5 Å². The number of ether oxygens (including phenoxy) is 2. The quantitative estimate of drug-likeness (QED) is 0.412. The fraction of sp³-hybridized carbons (Fsp3) is 0.433. The monoisotopic (exact) mass is 549 g/mol. The molecule has 3 aromatic rings. The predicted molar refractivity (Wildman–Crippen MR) is 147 cm³/mol. The molecule has 0 unspecified atom stereocenters. The second-order valence-electron chi connectivity index (χ2n) is 11.1. The van der Waals surface area contributed by atoms with Crippen LogP contribution in [0.3, 0.4) is 0 Å². The number of aromatic nitrogens is 2. The number of nitrogens with zero attached hydrogens (tertiary/aromatic N) is 2. The lowest BCUT2D eigenvalue weighted by molar-refractivity contribution is 0.0254. The number of nitrogens with one attached hydrogen (secondary N) is 1. The molecule has 3 atom stereocenters. The average Bonchev–Trinajstić information content (AvgIpc) is 2.92. The molecule has 1 saturated carbocycles. The summed E-state index contributed by atoms with van der Waals surface area (Å²) < 4.78 is 42.8. The van der Waals surface area contributed by atoms with Crippen molar-refractivity contribution < 1.29 is 23.0 Å². The molecule has 3 aliphatic rings. The van der Waals surface area contributed by atoms with Gasteiger partial charge in [-0.2, -0.15) is 0 Å². The van der Waals surface area contributed by atoms with E-state index in [0.29, 0.717) is 49.5 Å². The summed E-state index contributed by atoms with van der Waals surface area (Å²) in [7, 11) is 0. The van der Waals surface area contributed by atoms with Gasteiger partial charge in [0.2, 0.25) is 0 Å². The normalized spacial score (nSPS) is 23.4. The first-order valence-electron chi connectivity index (χ1n) is 13.9. The number of carbonyl (C=O) groups excluding carboxylic acids is 1. The molecule has 2 aromatic heterocycles. The number of nitrogens with two attached hydrogens (primary N) is 2. The predicted octanol–water partition coefficient (Wildman–Crippen LogP) is 4.97. The molecular formula is C30H33F2N5O3. The highest BCUT2D eigenvalue weighted by molar-refractivity contribution is 6.07. The Morgan fingerprint density at radius 1 is 1.02 bits per heavy atom. The fourth-order valence-corrected chi connectivity index (χ4v) is 6.39. The molecule has 2 aliphatic heterocycles. The van der Waals surface area contributed by atoms with Gasteiger partial charge in [-0.05, 0) is 67.2 Å². The Bertz CT molecular complexity index is 1430. The van der Waals surface area contributed by atoms with Crippen LogP contribution >= 0.6 is 0 Å². The molecular weight excluding hydrogens is 516 g/mol. The van der Waals surface area contributed by atoms with E-state index in [1.807, 2.05) is 6.07 Å². The Kier molecular flexibility index (Phi) is 7.37. The van der Waals surface area contributed by atoms with Crippen molar-refractivity contribution in [1.82, 2.24) is 9.97 Å². The van der Waals surface area contributed by atoms with Crippen LogP contribution in [0.5, 0.6) is 5.75 Å². The van der Waals surface area contributed by atoms with Crippen LogP contribution in [0.15, 0.2) is 36.7 Å². The standard InChI is InChI=1S/C30H33F2N5O3/c31-23-13-21(40-20-4-7-39-8-5-20)12-17-2-1-16-9-18(11-19(33)10-16)22-3-6-35-15-26(22)36-30(38)29-25(34)14-24(32)28(37-29)27(17)23/h3,6,12-16,18-20H,1-2,4-5,7-11,33-34H2,(H,36,38)/t16-,18+,19-/m0/s1. The van der Waals surface area contributed by atoms with Gasteiger partial charge in [0.15, 0.2) is 11.5 Å². The first kappa shape index (κ1) is 26.6. The summed E-state index contributed by atoms with van der Waals surface area (Å²) in [6.07, 6.45) is 8.29. The molecule has 6 rings (SSSR count). The number of anilines is 2. The van der Waals surface area contributed by atoms with E-state index in [1.165, 1.54) is 6.07 Å². The topological polar surface area (TPSA) is 125 Å². The van der Waals surface area contributed by atoms with Gasteiger partial charge in [0.1, 0.15) is 23.4 Å². The minimum atomic E-state index is -0.804. The Balaban J connectivity index is 1.47. The minimum absolute atomic E-state index is 0.0154. The molecule has 10 heteroatoms. The van der Waals surface area contributed by atoms with Crippen molar-refractivity contribution in [3.8, 4) is 17.0 Å². The van der Waals surface area contributed by atoms with Gasteiger partial charge in [-0.15, -0.1) is 0 Å². The maximum Gasteiger partial charge on any atom is 0.276 e. The average molecular weight is 550 g/mol. The number of pyridine rings is 2. The summed E-state index contributed by atoms with van der Waals surface area (Å²) in [5, 5.41) is 2.86. The molecule has 5 N–H and O–H groups in total. The molecule has 8 nitrogen and oxygen atoms in total. The van der Waals surface area contributed by atoms with Crippen molar-refractivity contribution in [1.29, 1.82) is 0 Å². The number of carbonyl (C=O) groups is 1. The number of aryl methyl sites for hydroxylation is 1. The molecule has 1 aromatic carbocycles. The van der Waals surface area contributed by atoms with Gasteiger partial charge >= 0.3 is 0 Å². The molecule has 2 fully saturated rings. The number of hydrogen-bond acceptors (Lipinski definition) is 7. The lowest BCUT2D eigenvalue weighted by atomic mass is 9.73. The van der Waals surface area contributed by atoms with Crippen molar-refractivity contribution in [3.05, 3.63) is 65.1 Å². The number of amides is 1. The Hall–Kier alpha value is -3.63. The fourth-order valence-electron chi connectivity index (χ4n) is 6.39. The van der Waals surface area contributed by atoms with Crippen molar-refractivity contribution in [2.24, 2.45) is 11.7 Å². The minimum Gasteiger partial charge on any atom is -0.490 e. The first-order valence-corrected chi connectivity index (χ1v) is 13.9. The summed E-state index contributed by atoms with van der Waals surface area (Å²) in [4.78, 5) is 21.9. The van der Waals surface area contributed by atoms with Crippen molar-refractivity contribution in [2.45, 2.75) is 63.0 Å². The van der Waals surface area contributed by atoms with Crippen LogP contribution in [0.25, 0.3) is 11.3 Å². The molecule has 210 valence electrons. The SMILES string of the molecule is Nc1cc(F)c2nc1C(=O)Nc1cnccc1[C@H]1C[C@@H](N)C[C@@H](CCc3cc(OC4CCOCC4)cc(F)c3-2)C1. The van der Waals surface area contributed by atoms with E-state index in [9.17, 15) is 4.79 Å². The summed E-state index contributed by atoms with van der Waals surface area (Å²) in [5.74, 6) is -1.34. The second kappa shape index (κ2) is 11.1. The maximum absolute atomic E-state index is 15.9. The molecule has 1 amide bonds. The zero-order chi connectivity index (χ0) is 27.8. The zero-order valence-electron chi connectivity index (χ0n) is 22.2. The molecule has 4 bridgehead atoms. The van der Waals surface area contributed by atoms with E-state index in [-0.39, 0.29) is 46.6 Å². The van der Waals surface area contributed by atoms with Crippen LogP contribution in [0.1, 0.15) is 66.1 Å². The first-order chi connectivity index (χ1) is 19.4. The highest BCUT2D eigenvalue weighted by atomic mass is 19.1. The maximum atomic E-state index is 15.9. The van der Waals surface area contributed by atoms with Crippen LogP contribution in [0.4, 0.5) is 20.2 Å². The van der Waals surface area contributed by atoms with Gasteiger partial charge in [0.05, 0.1) is 30.8 Å². The highest BCUT2D eigenvalue weighted by Gasteiger charge is 2.31. The summed E-state index contributed by atoms with van der Waals surface area (Å²) in [6.45, 7) is 1.18. The third-order valence-corrected chi connectivity index (χ3v) is 8.28. The van der Waals surface area contributed by atoms with Gasteiger partial charge < -0.3 is 26.3 Å². The van der Waals surface area contributed by atoms with Gasteiger partial charge in [-0.1, -0.05) is 0 Å². The Labute approximate surface area is 231 Å². The third-order valence-electron chi connectivity index (χ3n) is 8.28. The number of benzene rings is 1. The Morgan fingerprint density at radius 3 is 2.67 bits per heavy atom. The number of nitrogen functional groups attached to an aromatic ring is 1. The van der Waals surface area contributed by atoms with Crippen molar-refractivity contribution in [2.75, 3.05) is 24.3 Å². The van der Waals surface area contributed by atoms with Crippen LogP contribution in [-0.2, 0) is 11.2 Å². The van der Waals surface area contributed by atoms with E-state index < -0.39 is 17.5 Å².